The van der Waals surface area contributed by atoms with Crippen LogP contribution in [0.25, 0.3) is 0 Å². The summed E-state index contributed by atoms with van der Waals surface area (Å²) >= 11 is 1.70. The Morgan fingerprint density at radius 1 is 1.26 bits per heavy atom. The van der Waals surface area contributed by atoms with Crippen molar-refractivity contribution in [2.45, 2.75) is 6.54 Å². The number of ether oxygens (including phenoxy) is 1. The van der Waals surface area contributed by atoms with Gasteiger partial charge < -0.3 is 4.74 Å². The van der Waals surface area contributed by atoms with Gasteiger partial charge in [0.25, 0.3) is 0 Å². The quantitative estimate of drug-likeness (QED) is 0.759. The van der Waals surface area contributed by atoms with Gasteiger partial charge in [0.15, 0.2) is 5.78 Å². The number of hydrogen-bond donors (Lipinski definition) is 0. The number of ketones is 1. The molecule has 0 unspecified atom stereocenters. The first-order chi connectivity index (χ1) is 9.20. The van der Waals surface area contributed by atoms with Crippen molar-refractivity contribution in [3.63, 3.8) is 0 Å². The maximum absolute atomic E-state index is 12.2. The van der Waals surface area contributed by atoms with Gasteiger partial charge in [0, 0.05) is 11.4 Å². The minimum Gasteiger partial charge on any atom is -0.496 e. The lowest BCUT2D eigenvalue weighted by Crippen LogP contribution is -2.25. The van der Waals surface area contributed by atoms with Crippen molar-refractivity contribution in [2.24, 2.45) is 0 Å². The SMILES string of the molecule is COc1ccccc1C(=O)CN(C)Cc1cccs1. The van der Waals surface area contributed by atoms with Crippen molar-refractivity contribution in [2.75, 3.05) is 20.7 Å². The van der Waals surface area contributed by atoms with Gasteiger partial charge in [-0.15, -0.1) is 11.3 Å². The highest BCUT2D eigenvalue weighted by molar-refractivity contribution is 7.09. The first-order valence-electron chi connectivity index (χ1n) is 6.08. The van der Waals surface area contributed by atoms with E-state index in [4.69, 9.17) is 4.74 Å². The molecule has 2 aromatic rings. The van der Waals surface area contributed by atoms with Gasteiger partial charge >= 0.3 is 0 Å². The normalized spacial score (nSPS) is 10.7. The molecule has 0 atom stereocenters. The number of Topliss-reactive ketones (excluding diaryl/α,β-unsaturated/α-hetero) is 1. The molecular weight excluding hydrogens is 258 g/mol. The van der Waals surface area contributed by atoms with E-state index in [0.29, 0.717) is 17.9 Å². The molecule has 0 fully saturated rings. The van der Waals surface area contributed by atoms with Gasteiger partial charge in [-0.25, -0.2) is 0 Å². The monoisotopic (exact) mass is 275 g/mol. The zero-order chi connectivity index (χ0) is 13.7. The van der Waals surface area contributed by atoms with E-state index >= 15 is 0 Å². The fourth-order valence-corrected chi connectivity index (χ4v) is 2.71. The molecule has 0 saturated carbocycles. The first-order valence-corrected chi connectivity index (χ1v) is 6.96. The molecule has 0 radical (unpaired) electrons. The van der Waals surface area contributed by atoms with E-state index in [1.807, 2.05) is 41.6 Å². The van der Waals surface area contributed by atoms with Crippen LogP contribution in [0.15, 0.2) is 41.8 Å². The molecule has 1 aromatic carbocycles. The van der Waals surface area contributed by atoms with E-state index in [0.717, 1.165) is 6.54 Å². The fraction of sp³-hybridized carbons (Fsp3) is 0.267. The summed E-state index contributed by atoms with van der Waals surface area (Å²) in [7, 11) is 3.54. The topological polar surface area (TPSA) is 29.5 Å². The molecule has 0 bridgehead atoms. The van der Waals surface area contributed by atoms with Gasteiger partial charge in [-0.2, -0.15) is 0 Å². The predicted octanol–water partition coefficient (Wildman–Crippen LogP) is 3.07. The van der Waals surface area contributed by atoms with Crippen molar-refractivity contribution in [1.29, 1.82) is 0 Å². The summed E-state index contributed by atoms with van der Waals surface area (Å²) in [4.78, 5) is 15.5. The zero-order valence-corrected chi connectivity index (χ0v) is 11.9. The minimum absolute atomic E-state index is 0.0801. The maximum Gasteiger partial charge on any atom is 0.180 e. The Kier molecular flexibility index (Phi) is 4.71. The van der Waals surface area contributed by atoms with E-state index in [9.17, 15) is 4.79 Å². The molecule has 0 N–H and O–H groups in total. The Morgan fingerprint density at radius 3 is 2.74 bits per heavy atom. The average Bonchev–Trinajstić information content (AvgIpc) is 2.91. The van der Waals surface area contributed by atoms with Gasteiger partial charge in [0.1, 0.15) is 5.75 Å². The van der Waals surface area contributed by atoms with Crippen LogP contribution in [0.4, 0.5) is 0 Å². The lowest BCUT2D eigenvalue weighted by Gasteiger charge is -2.15. The van der Waals surface area contributed by atoms with E-state index in [2.05, 4.69) is 6.07 Å². The molecule has 2 rings (SSSR count). The van der Waals surface area contributed by atoms with Gasteiger partial charge in [0.2, 0.25) is 0 Å². The molecule has 1 aromatic heterocycles. The lowest BCUT2D eigenvalue weighted by atomic mass is 10.1. The summed E-state index contributed by atoms with van der Waals surface area (Å²) in [6.07, 6.45) is 0. The van der Waals surface area contributed by atoms with Crippen LogP contribution < -0.4 is 4.74 Å². The van der Waals surface area contributed by atoms with Gasteiger partial charge in [0.05, 0.1) is 19.2 Å². The number of carbonyl (C=O) groups is 1. The highest BCUT2D eigenvalue weighted by Crippen LogP contribution is 2.18. The molecule has 0 spiro atoms. The van der Waals surface area contributed by atoms with Crippen molar-refractivity contribution in [1.82, 2.24) is 4.90 Å². The molecule has 0 amide bonds. The van der Waals surface area contributed by atoms with Crippen LogP contribution in [0.3, 0.4) is 0 Å². The number of nitrogens with zero attached hydrogens (tertiary/aromatic N) is 1. The molecular formula is C15H17NO2S. The first kappa shape index (κ1) is 13.8. The van der Waals surface area contributed by atoms with Crippen LogP contribution in [0.2, 0.25) is 0 Å². The summed E-state index contributed by atoms with van der Waals surface area (Å²) < 4.78 is 5.22. The number of carbonyl (C=O) groups excluding carboxylic acids is 1. The van der Waals surface area contributed by atoms with E-state index < -0.39 is 0 Å². The lowest BCUT2D eigenvalue weighted by molar-refractivity contribution is 0.0940. The third-order valence-electron chi connectivity index (χ3n) is 2.83. The Labute approximate surface area is 117 Å². The van der Waals surface area contributed by atoms with Crippen LogP contribution in [0, 0.1) is 0 Å². The van der Waals surface area contributed by atoms with Gasteiger partial charge in [-0.3, -0.25) is 9.69 Å². The Morgan fingerprint density at radius 2 is 2.05 bits per heavy atom. The number of hydrogen-bond acceptors (Lipinski definition) is 4. The number of likely N-dealkylation sites (N-methyl/N-ethyl adjacent to an activating group) is 1. The van der Waals surface area contributed by atoms with Crippen LogP contribution in [-0.2, 0) is 6.54 Å². The molecule has 0 saturated heterocycles. The number of benzene rings is 1. The minimum atomic E-state index is 0.0801. The van der Waals surface area contributed by atoms with Crippen LogP contribution in [0.1, 0.15) is 15.2 Å². The summed E-state index contributed by atoms with van der Waals surface area (Å²) in [5.41, 5.74) is 0.642. The van der Waals surface area contributed by atoms with Crippen molar-refractivity contribution in [3.05, 3.63) is 52.2 Å². The second-order valence-electron chi connectivity index (χ2n) is 4.38. The summed E-state index contributed by atoms with van der Waals surface area (Å²) in [6.45, 7) is 1.18. The Hall–Kier alpha value is -1.65. The van der Waals surface area contributed by atoms with E-state index in [1.165, 1.54) is 4.88 Å². The molecule has 19 heavy (non-hydrogen) atoms. The smallest absolute Gasteiger partial charge is 0.180 e. The molecule has 0 aliphatic heterocycles. The van der Waals surface area contributed by atoms with E-state index in [1.54, 1.807) is 24.5 Å². The van der Waals surface area contributed by atoms with Crippen LogP contribution in [0.5, 0.6) is 5.75 Å². The van der Waals surface area contributed by atoms with Crippen LogP contribution >= 0.6 is 11.3 Å². The number of rotatable bonds is 6. The van der Waals surface area contributed by atoms with Crippen LogP contribution in [-0.4, -0.2) is 31.4 Å². The molecule has 100 valence electrons. The third kappa shape index (κ3) is 3.66. The number of para-hydroxylation sites is 1. The molecule has 4 heteroatoms. The molecule has 0 aliphatic carbocycles. The second kappa shape index (κ2) is 6.50. The summed E-state index contributed by atoms with van der Waals surface area (Å²) in [6, 6.07) is 11.4. The van der Waals surface area contributed by atoms with Gasteiger partial charge in [-0.05, 0) is 30.6 Å². The molecule has 0 aliphatic rings. The summed E-state index contributed by atoms with van der Waals surface area (Å²) in [5.74, 6) is 0.716. The highest BCUT2D eigenvalue weighted by atomic mass is 32.1. The fourth-order valence-electron chi connectivity index (χ4n) is 1.93. The maximum atomic E-state index is 12.2. The van der Waals surface area contributed by atoms with Crippen molar-refractivity contribution < 1.29 is 9.53 Å². The number of thiophene rings is 1. The van der Waals surface area contributed by atoms with Crippen molar-refractivity contribution in [3.8, 4) is 5.75 Å². The largest absolute Gasteiger partial charge is 0.496 e. The Bertz CT molecular complexity index is 537. The molecule has 1 heterocycles. The zero-order valence-electron chi connectivity index (χ0n) is 11.1. The van der Waals surface area contributed by atoms with E-state index in [-0.39, 0.29) is 5.78 Å². The van der Waals surface area contributed by atoms with Gasteiger partial charge in [-0.1, -0.05) is 18.2 Å². The number of methoxy groups -OCH3 is 1. The summed E-state index contributed by atoms with van der Waals surface area (Å²) in [5, 5.41) is 2.05. The average molecular weight is 275 g/mol. The predicted molar refractivity (Wildman–Crippen MR) is 78.0 cm³/mol. The molecule has 3 nitrogen and oxygen atoms in total. The Balaban J connectivity index is 2.00. The highest BCUT2D eigenvalue weighted by Gasteiger charge is 2.14. The van der Waals surface area contributed by atoms with Crippen molar-refractivity contribution >= 4 is 17.1 Å². The second-order valence-corrected chi connectivity index (χ2v) is 5.41. The third-order valence-corrected chi connectivity index (χ3v) is 3.69. The standard InChI is InChI=1S/C15H17NO2S/c1-16(10-12-6-5-9-19-12)11-14(17)13-7-3-4-8-15(13)18-2/h3-9H,10-11H2,1-2H3.